The van der Waals surface area contributed by atoms with E-state index in [1.807, 2.05) is 14.1 Å². The van der Waals surface area contributed by atoms with Gasteiger partial charge in [-0.15, -0.1) is 0 Å². The third-order valence-corrected chi connectivity index (χ3v) is 4.29. The maximum Gasteiger partial charge on any atom is 0.416 e. The summed E-state index contributed by atoms with van der Waals surface area (Å²) in [6, 6.07) is 5.69. The average molecular weight is 344 g/mol. The van der Waals surface area contributed by atoms with Crippen LogP contribution in [0, 0.1) is 0 Å². The molecule has 136 valence electrons. The molecule has 2 rings (SSSR count). The number of hydrogen-bond acceptors (Lipinski definition) is 4. The summed E-state index contributed by atoms with van der Waals surface area (Å²) in [6.45, 7) is 6.16. The molecule has 7 heteroatoms. The molecule has 1 fully saturated rings. The topological polar surface area (TPSA) is 30.5 Å². The van der Waals surface area contributed by atoms with E-state index < -0.39 is 11.7 Å². The highest BCUT2D eigenvalue weighted by Crippen LogP contribution is 2.30. The lowest BCUT2D eigenvalue weighted by Gasteiger charge is -2.35. The second-order valence-corrected chi connectivity index (χ2v) is 6.43. The first kappa shape index (κ1) is 19.2. The maximum atomic E-state index is 12.8. The van der Waals surface area contributed by atoms with Crippen LogP contribution in [0.25, 0.3) is 0 Å². The van der Waals surface area contributed by atoms with Gasteiger partial charge in [0.25, 0.3) is 0 Å². The molecule has 24 heavy (non-hydrogen) atoms. The zero-order chi connectivity index (χ0) is 17.6. The van der Waals surface area contributed by atoms with E-state index in [-0.39, 0.29) is 6.04 Å². The van der Waals surface area contributed by atoms with Gasteiger partial charge in [-0.3, -0.25) is 4.90 Å². The summed E-state index contributed by atoms with van der Waals surface area (Å²) in [5.74, 6) is 0. The highest BCUT2D eigenvalue weighted by molar-refractivity contribution is 5.27. The van der Waals surface area contributed by atoms with Crippen molar-refractivity contribution in [2.45, 2.75) is 12.2 Å². The summed E-state index contributed by atoms with van der Waals surface area (Å²) >= 11 is 0. The monoisotopic (exact) mass is 344 g/mol. The van der Waals surface area contributed by atoms with Gasteiger partial charge in [-0.1, -0.05) is 12.1 Å². The fourth-order valence-corrected chi connectivity index (χ4v) is 2.89. The molecule has 1 aromatic rings. The van der Waals surface area contributed by atoms with E-state index in [1.54, 1.807) is 12.1 Å². The van der Waals surface area contributed by atoms with Crippen LogP contribution in [-0.2, 0) is 6.18 Å². The predicted octanol–water partition coefficient (Wildman–Crippen LogP) is 1.80. The van der Waals surface area contributed by atoms with Crippen molar-refractivity contribution in [1.82, 2.24) is 20.4 Å². The Morgan fingerprint density at radius 1 is 1.17 bits per heavy atom. The fraction of sp³-hybridized carbons (Fsp3) is 0.647. The molecule has 0 amide bonds. The zero-order valence-electron chi connectivity index (χ0n) is 14.4. The van der Waals surface area contributed by atoms with Crippen LogP contribution in [0.2, 0.25) is 0 Å². The van der Waals surface area contributed by atoms with Gasteiger partial charge in [-0.05, 0) is 31.8 Å². The predicted molar refractivity (Wildman–Crippen MR) is 90.1 cm³/mol. The Balaban J connectivity index is 2.06. The van der Waals surface area contributed by atoms with Gasteiger partial charge in [0, 0.05) is 51.9 Å². The average Bonchev–Trinajstić information content (AvgIpc) is 2.55. The van der Waals surface area contributed by atoms with Crippen LogP contribution in [-0.4, -0.2) is 69.7 Å². The summed E-state index contributed by atoms with van der Waals surface area (Å²) in [7, 11) is 4.04. The quantitative estimate of drug-likeness (QED) is 0.739. The van der Waals surface area contributed by atoms with Crippen LogP contribution in [0.3, 0.4) is 0 Å². The van der Waals surface area contributed by atoms with Crippen molar-refractivity contribution in [3.63, 3.8) is 0 Å². The van der Waals surface area contributed by atoms with E-state index in [0.29, 0.717) is 0 Å². The lowest BCUT2D eigenvalue weighted by atomic mass is 10.0. The van der Waals surface area contributed by atoms with Gasteiger partial charge in [-0.25, -0.2) is 0 Å². The van der Waals surface area contributed by atoms with E-state index in [4.69, 9.17) is 0 Å². The molecule has 0 spiro atoms. The van der Waals surface area contributed by atoms with Crippen molar-refractivity contribution in [2.24, 2.45) is 0 Å². The first-order chi connectivity index (χ1) is 11.4. The minimum absolute atomic E-state index is 0.0940. The fourth-order valence-electron chi connectivity index (χ4n) is 2.89. The summed E-state index contributed by atoms with van der Waals surface area (Å²) < 4.78 is 38.3. The summed E-state index contributed by atoms with van der Waals surface area (Å²) in [5, 5.41) is 6.75. The molecular weight excluding hydrogens is 317 g/mol. The van der Waals surface area contributed by atoms with E-state index >= 15 is 0 Å². The Labute approximate surface area is 142 Å². The molecule has 0 radical (unpaired) electrons. The molecule has 1 aliphatic heterocycles. The van der Waals surface area contributed by atoms with E-state index in [0.717, 1.165) is 51.4 Å². The largest absolute Gasteiger partial charge is 0.416 e. The van der Waals surface area contributed by atoms with E-state index in [9.17, 15) is 13.2 Å². The van der Waals surface area contributed by atoms with Gasteiger partial charge in [0.15, 0.2) is 0 Å². The number of benzene rings is 1. The first-order valence-electron chi connectivity index (χ1n) is 8.35. The molecule has 0 aromatic heterocycles. The molecule has 1 unspecified atom stereocenters. The van der Waals surface area contributed by atoms with Gasteiger partial charge in [-0.2, -0.15) is 13.2 Å². The Hall–Kier alpha value is -1.15. The number of nitrogens with one attached hydrogen (secondary N) is 2. The van der Waals surface area contributed by atoms with Crippen molar-refractivity contribution in [1.29, 1.82) is 0 Å². The van der Waals surface area contributed by atoms with E-state index in [1.165, 1.54) is 12.1 Å². The van der Waals surface area contributed by atoms with Gasteiger partial charge < -0.3 is 15.5 Å². The summed E-state index contributed by atoms with van der Waals surface area (Å²) in [5.41, 5.74) is 0.341. The number of hydrogen-bond donors (Lipinski definition) is 2. The SMILES string of the molecule is CN(C)CCNCC(c1ccc(C(F)(F)F)cc1)N1CCNCC1. The highest BCUT2D eigenvalue weighted by atomic mass is 19.4. The molecule has 0 aliphatic carbocycles. The molecule has 4 nitrogen and oxygen atoms in total. The van der Waals surface area contributed by atoms with Crippen molar-refractivity contribution in [3.8, 4) is 0 Å². The molecular formula is C17H27F3N4. The van der Waals surface area contributed by atoms with Crippen molar-refractivity contribution >= 4 is 0 Å². The van der Waals surface area contributed by atoms with Gasteiger partial charge in [0.2, 0.25) is 0 Å². The van der Waals surface area contributed by atoms with Crippen LogP contribution in [0.15, 0.2) is 24.3 Å². The second kappa shape index (κ2) is 8.80. The van der Waals surface area contributed by atoms with Crippen LogP contribution < -0.4 is 10.6 Å². The van der Waals surface area contributed by atoms with Crippen LogP contribution in [0.5, 0.6) is 0 Å². The minimum Gasteiger partial charge on any atom is -0.314 e. The minimum atomic E-state index is -4.28. The molecule has 0 saturated carbocycles. The van der Waals surface area contributed by atoms with E-state index in [2.05, 4.69) is 20.4 Å². The molecule has 0 bridgehead atoms. The number of rotatable bonds is 7. The number of nitrogens with zero attached hydrogens (tertiary/aromatic N) is 2. The van der Waals surface area contributed by atoms with Gasteiger partial charge >= 0.3 is 6.18 Å². The maximum absolute atomic E-state index is 12.8. The molecule has 1 aromatic carbocycles. The Morgan fingerprint density at radius 2 is 1.79 bits per heavy atom. The summed E-state index contributed by atoms with van der Waals surface area (Å²) in [4.78, 5) is 4.44. The number of alkyl halides is 3. The molecule has 1 saturated heterocycles. The van der Waals surface area contributed by atoms with Crippen LogP contribution in [0.1, 0.15) is 17.2 Å². The standard InChI is InChI=1S/C17H27F3N4/c1-23(2)10-7-22-13-16(24-11-8-21-9-12-24)14-3-5-15(6-4-14)17(18,19)20/h3-6,16,21-22H,7-13H2,1-2H3. The third kappa shape index (κ3) is 5.73. The van der Waals surface area contributed by atoms with Crippen molar-refractivity contribution in [2.75, 3.05) is 59.9 Å². The smallest absolute Gasteiger partial charge is 0.314 e. The Kier molecular flexibility index (Phi) is 7.03. The Morgan fingerprint density at radius 3 is 2.33 bits per heavy atom. The van der Waals surface area contributed by atoms with Crippen LogP contribution in [0.4, 0.5) is 13.2 Å². The third-order valence-electron chi connectivity index (χ3n) is 4.29. The van der Waals surface area contributed by atoms with Gasteiger partial charge in [0.05, 0.1) is 5.56 Å². The summed E-state index contributed by atoms with van der Waals surface area (Å²) in [6.07, 6.45) is -4.28. The Bertz CT molecular complexity index is 482. The number of piperazine rings is 1. The lowest BCUT2D eigenvalue weighted by molar-refractivity contribution is -0.137. The zero-order valence-corrected chi connectivity index (χ0v) is 14.4. The second-order valence-electron chi connectivity index (χ2n) is 6.43. The number of halogens is 3. The number of likely N-dealkylation sites (N-methyl/N-ethyl adjacent to an activating group) is 1. The highest BCUT2D eigenvalue weighted by Gasteiger charge is 2.30. The molecule has 2 N–H and O–H groups in total. The molecule has 1 atom stereocenters. The molecule has 1 heterocycles. The van der Waals surface area contributed by atoms with Crippen LogP contribution >= 0.6 is 0 Å². The van der Waals surface area contributed by atoms with Gasteiger partial charge in [0.1, 0.15) is 0 Å². The normalized spacial score (nSPS) is 18.1. The van der Waals surface area contributed by atoms with Crippen molar-refractivity contribution < 1.29 is 13.2 Å². The molecule has 1 aliphatic rings. The lowest BCUT2D eigenvalue weighted by Crippen LogP contribution is -2.47. The first-order valence-corrected chi connectivity index (χ1v) is 8.35. The van der Waals surface area contributed by atoms with Crippen molar-refractivity contribution in [3.05, 3.63) is 35.4 Å².